The zero-order valence-corrected chi connectivity index (χ0v) is 11.7. The van der Waals surface area contributed by atoms with Gasteiger partial charge in [-0.05, 0) is 56.3 Å². The minimum atomic E-state index is 0.313. The molecule has 2 rings (SSSR count). The van der Waals surface area contributed by atoms with Crippen molar-refractivity contribution < 1.29 is 5.11 Å². The number of aliphatic hydroxyl groups excluding tert-OH is 1. The van der Waals surface area contributed by atoms with E-state index in [2.05, 4.69) is 36.9 Å². The Hall–Kier alpha value is -0.860. The van der Waals surface area contributed by atoms with Crippen LogP contribution in [-0.4, -0.2) is 29.2 Å². The number of aryl methyl sites for hydroxylation is 2. The number of rotatable bonds is 4. The predicted octanol–water partition coefficient (Wildman–Crippen LogP) is 3.04. The van der Waals surface area contributed by atoms with E-state index in [4.69, 9.17) is 0 Å². The number of nitrogens with zero attached hydrogens (tertiary/aromatic N) is 1. The maximum absolute atomic E-state index is 9.18. The number of hydrogen-bond acceptors (Lipinski definition) is 2. The Bertz CT molecular complexity index is 366. The first-order valence-corrected chi connectivity index (χ1v) is 7.12. The predicted molar refractivity (Wildman–Crippen MR) is 75.7 cm³/mol. The molecular weight excluding hydrogens is 222 g/mol. The van der Waals surface area contributed by atoms with Crippen molar-refractivity contribution in [1.82, 2.24) is 4.90 Å². The molecule has 1 fully saturated rings. The summed E-state index contributed by atoms with van der Waals surface area (Å²) < 4.78 is 0. The Morgan fingerprint density at radius 1 is 1.22 bits per heavy atom. The molecule has 0 bridgehead atoms. The van der Waals surface area contributed by atoms with Crippen molar-refractivity contribution in [3.8, 4) is 0 Å². The van der Waals surface area contributed by atoms with Crippen LogP contribution in [0.25, 0.3) is 0 Å². The van der Waals surface area contributed by atoms with Crippen LogP contribution in [-0.2, 0) is 6.54 Å². The minimum absolute atomic E-state index is 0.313. The van der Waals surface area contributed by atoms with Crippen LogP contribution in [0.4, 0.5) is 0 Å². The summed E-state index contributed by atoms with van der Waals surface area (Å²) in [4.78, 5) is 2.56. The molecule has 2 heteroatoms. The van der Waals surface area contributed by atoms with Gasteiger partial charge in [0.1, 0.15) is 0 Å². The molecule has 100 valence electrons. The quantitative estimate of drug-likeness (QED) is 0.884. The Balaban J connectivity index is 2.11. The first-order chi connectivity index (χ1) is 8.72. The fourth-order valence-corrected chi connectivity index (χ4v) is 3.05. The van der Waals surface area contributed by atoms with E-state index in [0.29, 0.717) is 12.6 Å². The topological polar surface area (TPSA) is 23.5 Å². The summed E-state index contributed by atoms with van der Waals surface area (Å²) in [6.07, 6.45) is 4.77. The highest BCUT2D eigenvalue weighted by Gasteiger charge is 2.22. The highest BCUT2D eigenvalue weighted by molar-refractivity contribution is 5.33. The molecule has 1 N–H and O–H groups in total. The summed E-state index contributed by atoms with van der Waals surface area (Å²) in [6, 6.07) is 7.11. The number of piperidine rings is 1. The van der Waals surface area contributed by atoms with E-state index < -0.39 is 0 Å². The molecule has 1 aliphatic rings. The molecule has 0 aromatic heterocycles. The molecular formula is C16H25NO. The standard InChI is InChI=1S/C16H25NO/c1-13-6-5-7-14(2)16(13)12-17-10-4-3-8-15(17)9-11-18/h5-7,15,18H,3-4,8-12H2,1-2H3. The lowest BCUT2D eigenvalue weighted by atomic mass is 9.96. The summed E-state index contributed by atoms with van der Waals surface area (Å²) >= 11 is 0. The van der Waals surface area contributed by atoms with Gasteiger partial charge in [0.05, 0.1) is 0 Å². The van der Waals surface area contributed by atoms with Crippen LogP contribution >= 0.6 is 0 Å². The van der Waals surface area contributed by atoms with E-state index in [-0.39, 0.29) is 0 Å². The van der Waals surface area contributed by atoms with Crippen LogP contribution in [0.3, 0.4) is 0 Å². The van der Waals surface area contributed by atoms with Crippen molar-refractivity contribution in [2.24, 2.45) is 0 Å². The number of benzene rings is 1. The van der Waals surface area contributed by atoms with E-state index in [1.165, 1.54) is 42.5 Å². The number of hydrogen-bond donors (Lipinski definition) is 1. The summed E-state index contributed by atoms with van der Waals surface area (Å²) in [5, 5.41) is 9.18. The lowest BCUT2D eigenvalue weighted by Crippen LogP contribution is -2.39. The third-order valence-electron chi connectivity index (χ3n) is 4.22. The molecule has 1 aromatic rings. The van der Waals surface area contributed by atoms with Crippen molar-refractivity contribution >= 4 is 0 Å². The smallest absolute Gasteiger partial charge is 0.0445 e. The fourth-order valence-electron chi connectivity index (χ4n) is 3.05. The highest BCUT2D eigenvalue weighted by Crippen LogP contribution is 2.24. The highest BCUT2D eigenvalue weighted by atomic mass is 16.3. The van der Waals surface area contributed by atoms with Gasteiger partial charge in [0.15, 0.2) is 0 Å². The van der Waals surface area contributed by atoms with Gasteiger partial charge in [-0.1, -0.05) is 24.6 Å². The molecule has 0 saturated carbocycles. The summed E-state index contributed by atoms with van der Waals surface area (Å²) in [5.41, 5.74) is 4.26. The van der Waals surface area contributed by atoms with E-state index >= 15 is 0 Å². The Labute approximate surface area is 111 Å². The Morgan fingerprint density at radius 2 is 1.94 bits per heavy atom. The van der Waals surface area contributed by atoms with Gasteiger partial charge in [-0.15, -0.1) is 0 Å². The zero-order chi connectivity index (χ0) is 13.0. The van der Waals surface area contributed by atoms with Gasteiger partial charge in [-0.3, -0.25) is 4.90 Å². The largest absolute Gasteiger partial charge is 0.396 e. The molecule has 1 atom stereocenters. The van der Waals surface area contributed by atoms with Gasteiger partial charge in [-0.2, -0.15) is 0 Å². The van der Waals surface area contributed by atoms with Crippen LogP contribution < -0.4 is 0 Å². The molecule has 0 amide bonds. The van der Waals surface area contributed by atoms with Gasteiger partial charge in [0.2, 0.25) is 0 Å². The molecule has 0 spiro atoms. The number of likely N-dealkylation sites (tertiary alicyclic amines) is 1. The van der Waals surface area contributed by atoms with Gasteiger partial charge in [0.25, 0.3) is 0 Å². The zero-order valence-electron chi connectivity index (χ0n) is 11.7. The average Bonchev–Trinajstić information content (AvgIpc) is 2.36. The second-order valence-corrected chi connectivity index (χ2v) is 5.50. The van der Waals surface area contributed by atoms with Gasteiger partial charge in [0, 0.05) is 19.2 Å². The molecule has 18 heavy (non-hydrogen) atoms. The first-order valence-electron chi connectivity index (χ1n) is 7.12. The lowest BCUT2D eigenvalue weighted by molar-refractivity contribution is 0.112. The van der Waals surface area contributed by atoms with Gasteiger partial charge >= 0.3 is 0 Å². The second-order valence-electron chi connectivity index (χ2n) is 5.50. The average molecular weight is 247 g/mol. The van der Waals surface area contributed by atoms with E-state index in [9.17, 15) is 5.11 Å². The second kappa shape index (κ2) is 6.35. The molecule has 1 aromatic carbocycles. The minimum Gasteiger partial charge on any atom is -0.396 e. The SMILES string of the molecule is Cc1cccc(C)c1CN1CCCCC1CCO. The number of aliphatic hydroxyl groups is 1. The van der Waals surface area contributed by atoms with Crippen LogP contribution in [0.15, 0.2) is 18.2 Å². The van der Waals surface area contributed by atoms with E-state index in [1.54, 1.807) is 0 Å². The third-order valence-corrected chi connectivity index (χ3v) is 4.22. The summed E-state index contributed by atoms with van der Waals surface area (Å²) in [6.45, 7) is 6.94. The van der Waals surface area contributed by atoms with Crippen LogP contribution in [0.1, 0.15) is 42.4 Å². The summed E-state index contributed by atoms with van der Waals surface area (Å²) in [7, 11) is 0. The monoisotopic (exact) mass is 247 g/mol. The Morgan fingerprint density at radius 3 is 2.61 bits per heavy atom. The van der Waals surface area contributed by atoms with Crippen LogP contribution in [0.2, 0.25) is 0 Å². The Kier molecular flexibility index (Phi) is 4.79. The van der Waals surface area contributed by atoms with Gasteiger partial charge in [-0.25, -0.2) is 0 Å². The molecule has 0 aliphatic carbocycles. The van der Waals surface area contributed by atoms with E-state index in [0.717, 1.165) is 13.0 Å². The van der Waals surface area contributed by atoms with Crippen LogP contribution in [0, 0.1) is 13.8 Å². The van der Waals surface area contributed by atoms with Crippen molar-refractivity contribution in [3.63, 3.8) is 0 Å². The lowest BCUT2D eigenvalue weighted by Gasteiger charge is -2.36. The molecule has 2 nitrogen and oxygen atoms in total. The third kappa shape index (κ3) is 3.12. The molecule has 1 unspecified atom stereocenters. The molecule has 1 heterocycles. The molecule has 1 aliphatic heterocycles. The maximum Gasteiger partial charge on any atom is 0.0445 e. The van der Waals surface area contributed by atoms with Gasteiger partial charge < -0.3 is 5.11 Å². The van der Waals surface area contributed by atoms with Crippen molar-refractivity contribution in [2.75, 3.05) is 13.2 Å². The first kappa shape index (κ1) is 13.6. The van der Waals surface area contributed by atoms with Crippen molar-refractivity contribution in [1.29, 1.82) is 0 Å². The maximum atomic E-state index is 9.18. The summed E-state index contributed by atoms with van der Waals surface area (Å²) in [5.74, 6) is 0. The van der Waals surface area contributed by atoms with Crippen molar-refractivity contribution in [2.45, 2.75) is 52.1 Å². The molecule has 1 saturated heterocycles. The molecule has 0 radical (unpaired) electrons. The van der Waals surface area contributed by atoms with E-state index in [1.807, 2.05) is 0 Å². The van der Waals surface area contributed by atoms with Crippen LogP contribution in [0.5, 0.6) is 0 Å². The normalized spacial score (nSPS) is 21.2. The van der Waals surface area contributed by atoms with Crippen molar-refractivity contribution in [3.05, 3.63) is 34.9 Å². The fraction of sp³-hybridized carbons (Fsp3) is 0.625.